The van der Waals surface area contributed by atoms with Gasteiger partial charge >= 0.3 is 0 Å². The highest BCUT2D eigenvalue weighted by Gasteiger charge is 2.27. The Morgan fingerprint density at radius 2 is 1.96 bits per heavy atom. The molecule has 0 amide bonds. The molecule has 1 heterocycles. The number of rotatable bonds is 7. The molecule has 1 fully saturated rings. The van der Waals surface area contributed by atoms with E-state index in [1.54, 1.807) is 6.07 Å². The van der Waals surface area contributed by atoms with Gasteiger partial charge in [-0.05, 0) is 30.9 Å². The number of benzene rings is 1. The zero-order valence-corrected chi connectivity index (χ0v) is 14.3. The molecule has 1 aromatic heterocycles. The fraction of sp³-hybridized carbons (Fsp3) is 0.444. The zero-order valence-electron chi connectivity index (χ0n) is 14.3. The molecule has 1 aromatic carbocycles. The lowest BCUT2D eigenvalue weighted by molar-refractivity contribution is 0.248. The molecular formula is C18H22F2N4O. The number of nitrogens with one attached hydrogen (secondary N) is 2. The number of hydrogen-bond donors (Lipinski definition) is 3. The van der Waals surface area contributed by atoms with Crippen LogP contribution >= 0.6 is 0 Å². The van der Waals surface area contributed by atoms with E-state index in [9.17, 15) is 13.9 Å². The van der Waals surface area contributed by atoms with E-state index in [0.29, 0.717) is 17.7 Å². The normalized spacial score (nSPS) is 15.3. The van der Waals surface area contributed by atoms with Gasteiger partial charge in [0.2, 0.25) is 5.95 Å². The van der Waals surface area contributed by atoms with Crippen LogP contribution in [0.5, 0.6) is 0 Å². The number of hydrogen-bond acceptors (Lipinski definition) is 5. The minimum Gasteiger partial charge on any atom is -0.394 e. The summed E-state index contributed by atoms with van der Waals surface area (Å²) in [7, 11) is 0. The molecule has 3 rings (SSSR count). The van der Waals surface area contributed by atoms with Crippen molar-refractivity contribution in [2.75, 3.05) is 17.2 Å². The summed E-state index contributed by atoms with van der Waals surface area (Å²) in [4.78, 5) is 8.88. The topological polar surface area (TPSA) is 70.1 Å². The number of aliphatic hydroxyl groups is 1. The van der Waals surface area contributed by atoms with Crippen molar-refractivity contribution in [2.45, 2.75) is 38.6 Å². The van der Waals surface area contributed by atoms with Gasteiger partial charge in [0.05, 0.1) is 24.0 Å². The van der Waals surface area contributed by atoms with Crippen LogP contribution in [-0.4, -0.2) is 27.7 Å². The summed E-state index contributed by atoms with van der Waals surface area (Å²) in [6, 6.07) is 4.96. The number of anilines is 3. The van der Waals surface area contributed by atoms with E-state index >= 15 is 0 Å². The monoisotopic (exact) mass is 348 g/mol. The van der Waals surface area contributed by atoms with Crippen LogP contribution in [0, 0.1) is 17.6 Å². The third-order valence-electron chi connectivity index (χ3n) is 4.25. The Labute approximate surface area is 145 Å². The average Bonchev–Trinajstić information content (AvgIpc) is 3.40. The molecule has 7 heteroatoms. The summed E-state index contributed by atoms with van der Waals surface area (Å²) >= 11 is 0. The zero-order chi connectivity index (χ0) is 18.0. The molecule has 0 unspecified atom stereocenters. The van der Waals surface area contributed by atoms with Crippen molar-refractivity contribution >= 4 is 17.5 Å². The lowest BCUT2D eigenvalue weighted by Gasteiger charge is -2.20. The molecule has 0 aliphatic heterocycles. The highest BCUT2D eigenvalue weighted by Crippen LogP contribution is 2.40. The summed E-state index contributed by atoms with van der Waals surface area (Å²) in [5.74, 6) is 0.0939. The highest BCUT2D eigenvalue weighted by atomic mass is 19.1. The van der Waals surface area contributed by atoms with Crippen molar-refractivity contribution in [1.29, 1.82) is 0 Å². The Bertz CT molecular complexity index is 750. The molecule has 5 nitrogen and oxygen atoms in total. The predicted octanol–water partition coefficient (Wildman–Crippen LogP) is 3.80. The lowest BCUT2D eigenvalue weighted by Crippen LogP contribution is -2.30. The van der Waals surface area contributed by atoms with E-state index in [-0.39, 0.29) is 24.3 Å². The number of nitrogens with zero attached hydrogens (tertiary/aromatic N) is 2. The highest BCUT2D eigenvalue weighted by molar-refractivity contribution is 5.58. The Hall–Kier alpha value is -2.28. The molecule has 134 valence electrons. The van der Waals surface area contributed by atoms with Gasteiger partial charge in [0, 0.05) is 18.1 Å². The van der Waals surface area contributed by atoms with E-state index in [1.807, 2.05) is 13.8 Å². The van der Waals surface area contributed by atoms with Gasteiger partial charge in [-0.25, -0.2) is 13.8 Å². The van der Waals surface area contributed by atoms with Gasteiger partial charge in [-0.2, -0.15) is 4.98 Å². The van der Waals surface area contributed by atoms with Crippen LogP contribution in [0.15, 0.2) is 24.3 Å². The van der Waals surface area contributed by atoms with Gasteiger partial charge in [-0.3, -0.25) is 0 Å². The van der Waals surface area contributed by atoms with Crippen LogP contribution in [0.25, 0.3) is 0 Å². The second-order valence-electron chi connectivity index (χ2n) is 6.70. The molecule has 3 N–H and O–H groups in total. The van der Waals surface area contributed by atoms with Crippen molar-refractivity contribution in [1.82, 2.24) is 9.97 Å². The molecule has 0 saturated heterocycles. The lowest BCUT2D eigenvalue weighted by atomic mass is 10.1. The summed E-state index contributed by atoms with van der Waals surface area (Å²) in [5.41, 5.74) is 1.03. The maximum Gasteiger partial charge on any atom is 0.225 e. The van der Waals surface area contributed by atoms with Crippen molar-refractivity contribution in [3.63, 3.8) is 0 Å². The van der Waals surface area contributed by atoms with Crippen LogP contribution in [-0.2, 0) is 0 Å². The Balaban J connectivity index is 1.87. The van der Waals surface area contributed by atoms with Crippen LogP contribution < -0.4 is 10.6 Å². The fourth-order valence-corrected chi connectivity index (χ4v) is 2.50. The molecule has 1 saturated carbocycles. The SMILES string of the molecule is CC(C)[C@@H](CO)Nc1nc(Nc2ccc(F)cc2F)cc(C2CC2)n1. The van der Waals surface area contributed by atoms with E-state index in [1.165, 1.54) is 12.1 Å². The Morgan fingerprint density at radius 3 is 2.56 bits per heavy atom. The minimum absolute atomic E-state index is 0.0377. The Kier molecular flexibility index (Phi) is 5.13. The summed E-state index contributed by atoms with van der Waals surface area (Å²) in [6.07, 6.45) is 2.13. The van der Waals surface area contributed by atoms with Crippen molar-refractivity contribution in [3.8, 4) is 0 Å². The second kappa shape index (κ2) is 7.31. The van der Waals surface area contributed by atoms with E-state index < -0.39 is 11.6 Å². The van der Waals surface area contributed by atoms with Gasteiger partial charge in [0.25, 0.3) is 0 Å². The van der Waals surface area contributed by atoms with E-state index in [2.05, 4.69) is 20.6 Å². The third kappa shape index (κ3) is 4.42. The van der Waals surface area contributed by atoms with Crippen molar-refractivity contribution in [2.24, 2.45) is 5.92 Å². The van der Waals surface area contributed by atoms with Crippen molar-refractivity contribution in [3.05, 3.63) is 41.6 Å². The van der Waals surface area contributed by atoms with Gasteiger partial charge in [-0.1, -0.05) is 13.8 Å². The summed E-state index contributed by atoms with van der Waals surface area (Å²) in [6.45, 7) is 3.95. The summed E-state index contributed by atoms with van der Waals surface area (Å²) < 4.78 is 26.9. The quantitative estimate of drug-likeness (QED) is 0.710. The molecule has 2 aromatic rings. The van der Waals surface area contributed by atoms with Crippen molar-refractivity contribution < 1.29 is 13.9 Å². The van der Waals surface area contributed by atoms with Gasteiger partial charge in [0.15, 0.2) is 0 Å². The summed E-state index contributed by atoms with van der Waals surface area (Å²) in [5, 5.41) is 15.5. The first kappa shape index (κ1) is 17.5. The molecule has 1 atom stereocenters. The second-order valence-corrected chi connectivity index (χ2v) is 6.70. The maximum absolute atomic E-state index is 13.9. The molecule has 1 aliphatic rings. The van der Waals surface area contributed by atoms with Crippen LogP contribution in [0.2, 0.25) is 0 Å². The van der Waals surface area contributed by atoms with E-state index in [4.69, 9.17) is 0 Å². The van der Waals surface area contributed by atoms with Gasteiger partial charge in [0.1, 0.15) is 17.5 Å². The number of aliphatic hydroxyl groups excluding tert-OH is 1. The standard InChI is InChI=1S/C18H22F2N4O/c1-10(2)16(9-25)23-18-22-15(11-3-4-11)8-17(24-18)21-14-6-5-12(19)7-13(14)20/h5-8,10-11,16,25H,3-4,9H2,1-2H3,(H2,21,22,23,24)/t16-/m1/s1. The Morgan fingerprint density at radius 1 is 1.20 bits per heavy atom. The molecule has 1 aliphatic carbocycles. The number of halogens is 2. The molecule has 0 spiro atoms. The first-order valence-corrected chi connectivity index (χ1v) is 8.44. The van der Waals surface area contributed by atoms with Gasteiger partial charge < -0.3 is 15.7 Å². The first-order chi connectivity index (χ1) is 12.0. The maximum atomic E-state index is 13.9. The van der Waals surface area contributed by atoms with E-state index in [0.717, 1.165) is 24.6 Å². The third-order valence-corrected chi connectivity index (χ3v) is 4.25. The smallest absolute Gasteiger partial charge is 0.225 e. The van der Waals surface area contributed by atoms with Crippen LogP contribution in [0.1, 0.15) is 38.3 Å². The predicted molar refractivity (Wildman–Crippen MR) is 93.0 cm³/mol. The largest absolute Gasteiger partial charge is 0.394 e. The van der Waals surface area contributed by atoms with Gasteiger partial charge in [-0.15, -0.1) is 0 Å². The minimum atomic E-state index is -0.684. The van der Waals surface area contributed by atoms with Crippen LogP contribution in [0.3, 0.4) is 0 Å². The molecular weight excluding hydrogens is 326 g/mol. The molecule has 0 radical (unpaired) electrons. The van der Waals surface area contributed by atoms with Crippen LogP contribution in [0.4, 0.5) is 26.2 Å². The fourth-order valence-electron chi connectivity index (χ4n) is 2.50. The number of aromatic nitrogens is 2. The molecule has 25 heavy (non-hydrogen) atoms. The molecule has 0 bridgehead atoms. The first-order valence-electron chi connectivity index (χ1n) is 8.44. The average molecular weight is 348 g/mol.